The van der Waals surface area contributed by atoms with Crippen LogP contribution in [0.3, 0.4) is 0 Å². The molecule has 0 aromatic heterocycles. The molecule has 0 N–H and O–H groups in total. The summed E-state index contributed by atoms with van der Waals surface area (Å²) in [5, 5.41) is 0. The van der Waals surface area contributed by atoms with Crippen LogP contribution in [0.25, 0.3) is 0 Å². The zero-order chi connectivity index (χ0) is 13.1. The summed E-state index contributed by atoms with van der Waals surface area (Å²) in [6.45, 7) is 4.72. The summed E-state index contributed by atoms with van der Waals surface area (Å²) in [5.74, 6) is 0. The van der Waals surface area contributed by atoms with Crippen molar-refractivity contribution in [3.63, 3.8) is 0 Å². The molecule has 104 valence electrons. The van der Waals surface area contributed by atoms with Gasteiger partial charge >= 0.3 is 0 Å². The monoisotopic (exact) mass is 252 g/mol. The second-order valence-corrected chi connectivity index (χ2v) is 4.81. The molecule has 2 nitrogen and oxygen atoms in total. The van der Waals surface area contributed by atoms with Gasteiger partial charge in [-0.05, 0) is 58.8 Å². The van der Waals surface area contributed by atoms with E-state index in [1.165, 1.54) is 19.3 Å². The van der Waals surface area contributed by atoms with Gasteiger partial charge in [-0.2, -0.15) is 0 Å². The predicted molar refractivity (Wildman–Crippen MR) is 76.6 cm³/mol. The normalized spacial score (nSPS) is 24.2. The van der Waals surface area contributed by atoms with E-state index in [0.717, 1.165) is 32.3 Å². The van der Waals surface area contributed by atoms with Crippen molar-refractivity contribution in [2.45, 2.75) is 71.2 Å². The number of ether oxygens (including phenoxy) is 2. The fourth-order valence-corrected chi connectivity index (χ4v) is 2.23. The van der Waals surface area contributed by atoms with Crippen LogP contribution in [0.15, 0.2) is 24.3 Å². The van der Waals surface area contributed by atoms with Gasteiger partial charge in [0.25, 0.3) is 0 Å². The third-order valence-electron chi connectivity index (χ3n) is 3.17. The quantitative estimate of drug-likeness (QED) is 0.537. The Morgan fingerprint density at radius 3 is 2.39 bits per heavy atom. The van der Waals surface area contributed by atoms with Crippen LogP contribution < -0.4 is 0 Å². The maximum Gasteiger partial charge on any atom is 0.155 e. The second kappa shape index (κ2) is 10.3. The van der Waals surface area contributed by atoms with Gasteiger partial charge in [0.05, 0.1) is 6.10 Å². The van der Waals surface area contributed by atoms with E-state index >= 15 is 0 Å². The predicted octanol–water partition coefficient (Wildman–Crippen LogP) is 4.61. The van der Waals surface area contributed by atoms with E-state index in [2.05, 4.69) is 24.3 Å². The average Bonchev–Trinajstić information content (AvgIpc) is 2.33. The molecule has 0 aliphatic heterocycles. The fraction of sp³-hybridized carbons (Fsp3) is 0.750. The molecule has 0 aromatic carbocycles. The molecule has 0 saturated carbocycles. The molecule has 0 aromatic rings. The molecule has 0 fully saturated rings. The van der Waals surface area contributed by atoms with Crippen LogP contribution in [0.5, 0.6) is 0 Å². The van der Waals surface area contributed by atoms with Crippen molar-refractivity contribution < 1.29 is 9.47 Å². The highest BCUT2D eigenvalue weighted by molar-refractivity contribution is 4.89. The Bertz CT molecular complexity index is 245. The van der Waals surface area contributed by atoms with Gasteiger partial charge in [-0.1, -0.05) is 24.3 Å². The first-order chi connectivity index (χ1) is 8.83. The smallest absolute Gasteiger partial charge is 0.155 e. The van der Waals surface area contributed by atoms with Crippen LogP contribution in [0.4, 0.5) is 0 Å². The Kier molecular flexibility index (Phi) is 8.87. The Balaban J connectivity index is 2.37. The largest absolute Gasteiger partial charge is 0.353 e. The molecule has 0 bridgehead atoms. The fourth-order valence-electron chi connectivity index (χ4n) is 2.23. The van der Waals surface area contributed by atoms with Gasteiger partial charge in [0.15, 0.2) is 6.29 Å². The van der Waals surface area contributed by atoms with Gasteiger partial charge in [0.2, 0.25) is 0 Å². The van der Waals surface area contributed by atoms with Gasteiger partial charge in [-0.25, -0.2) is 0 Å². The van der Waals surface area contributed by atoms with E-state index in [4.69, 9.17) is 9.47 Å². The maximum absolute atomic E-state index is 5.96. The van der Waals surface area contributed by atoms with Crippen LogP contribution in [0.2, 0.25) is 0 Å². The Morgan fingerprint density at radius 1 is 1.00 bits per heavy atom. The van der Waals surface area contributed by atoms with Gasteiger partial charge in [0, 0.05) is 6.61 Å². The lowest BCUT2D eigenvalue weighted by molar-refractivity contribution is -0.160. The molecular formula is C16H28O2. The van der Waals surface area contributed by atoms with Crippen molar-refractivity contribution in [2.75, 3.05) is 6.61 Å². The molecule has 2 heteroatoms. The van der Waals surface area contributed by atoms with Gasteiger partial charge in [-0.15, -0.1) is 0 Å². The summed E-state index contributed by atoms with van der Waals surface area (Å²) in [5.41, 5.74) is 0. The number of hydrogen-bond acceptors (Lipinski definition) is 2. The molecule has 0 saturated heterocycles. The van der Waals surface area contributed by atoms with E-state index < -0.39 is 0 Å². The maximum atomic E-state index is 5.96. The average molecular weight is 252 g/mol. The lowest BCUT2D eigenvalue weighted by Crippen LogP contribution is -2.22. The Labute approximate surface area is 112 Å². The minimum absolute atomic E-state index is 0.0765. The van der Waals surface area contributed by atoms with Crippen molar-refractivity contribution in [1.29, 1.82) is 0 Å². The van der Waals surface area contributed by atoms with Crippen LogP contribution in [0.1, 0.15) is 58.8 Å². The van der Waals surface area contributed by atoms with Gasteiger partial charge in [0.1, 0.15) is 0 Å². The summed E-state index contributed by atoms with van der Waals surface area (Å²) >= 11 is 0. The first kappa shape index (κ1) is 15.5. The standard InChI is InChI=1S/C16H28O2/c1-3-17-15(2)18-16-13-11-9-7-5-4-6-8-10-12-14-16/h5,7-8,10,15-16H,3-4,6,9,11-14H2,1-2H3. The molecule has 1 aliphatic rings. The third-order valence-corrected chi connectivity index (χ3v) is 3.17. The van der Waals surface area contributed by atoms with E-state index in [9.17, 15) is 0 Å². The van der Waals surface area contributed by atoms with E-state index in [0.29, 0.717) is 6.10 Å². The molecule has 2 atom stereocenters. The van der Waals surface area contributed by atoms with E-state index in [1.807, 2.05) is 13.8 Å². The van der Waals surface area contributed by atoms with Crippen molar-refractivity contribution in [3.8, 4) is 0 Å². The van der Waals surface area contributed by atoms with Crippen LogP contribution in [0, 0.1) is 0 Å². The van der Waals surface area contributed by atoms with E-state index in [-0.39, 0.29) is 6.29 Å². The highest BCUT2D eigenvalue weighted by atomic mass is 16.7. The lowest BCUT2D eigenvalue weighted by Gasteiger charge is -2.22. The topological polar surface area (TPSA) is 18.5 Å². The van der Waals surface area contributed by atoms with Crippen molar-refractivity contribution >= 4 is 0 Å². The first-order valence-corrected chi connectivity index (χ1v) is 7.40. The van der Waals surface area contributed by atoms with Crippen molar-refractivity contribution in [3.05, 3.63) is 24.3 Å². The van der Waals surface area contributed by atoms with Crippen LogP contribution in [-0.4, -0.2) is 19.0 Å². The highest BCUT2D eigenvalue weighted by Gasteiger charge is 2.12. The Morgan fingerprint density at radius 2 is 1.67 bits per heavy atom. The van der Waals surface area contributed by atoms with Crippen molar-refractivity contribution in [1.82, 2.24) is 0 Å². The molecule has 0 amide bonds. The minimum atomic E-state index is -0.0765. The number of rotatable bonds is 4. The third kappa shape index (κ3) is 7.67. The van der Waals surface area contributed by atoms with Crippen LogP contribution >= 0.6 is 0 Å². The first-order valence-electron chi connectivity index (χ1n) is 7.40. The van der Waals surface area contributed by atoms with Crippen LogP contribution in [-0.2, 0) is 9.47 Å². The molecule has 1 rings (SSSR count). The number of hydrogen-bond donors (Lipinski definition) is 0. The summed E-state index contributed by atoms with van der Waals surface area (Å²) < 4.78 is 11.4. The molecule has 2 unspecified atom stereocenters. The molecule has 1 aliphatic carbocycles. The minimum Gasteiger partial charge on any atom is -0.353 e. The highest BCUT2D eigenvalue weighted by Crippen LogP contribution is 2.15. The molecule has 0 heterocycles. The lowest BCUT2D eigenvalue weighted by atomic mass is 10.1. The van der Waals surface area contributed by atoms with Gasteiger partial charge < -0.3 is 9.47 Å². The zero-order valence-electron chi connectivity index (χ0n) is 11.9. The summed E-state index contributed by atoms with van der Waals surface area (Å²) in [6, 6.07) is 0. The van der Waals surface area contributed by atoms with E-state index in [1.54, 1.807) is 0 Å². The second-order valence-electron chi connectivity index (χ2n) is 4.81. The van der Waals surface area contributed by atoms with Crippen molar-refractivity contribution in [2.24, 2.45) is 0 Å². The molecule has 0 radical (unpaired) electrons. The summed E-state index contributed by atoms with van der Waals surface area (Å²) in [7, 11) is 0. The number of allylic oxidation sites excluding steroid dienone is 4. The zero-order valence-corrected chi connectivity index (χ0v) is 11.9. The molecule has 0 spiro atoms. The molecular weight excluding hydrogens is 224 g/mol. The SMILES string of the molecule is CCOC(C)OC1CCC=CCCC=CCCC1. The summed E-state index contributed by atoms with van der Waals surface area (Å²) in [6.07, 6.45) is 17.5. The van der Waals surface area contributed by atoms with Gasteiger partial charge in [-0.3, -0.25) is 0 Å². The Hall–Kier alpha value is -0.600. The summed E-state index contributed by atoms with van der Waals surface area (Å²) in [4.78, 5) is 0. The molecule has 18 heavy (non-hydrogen) atoms.